The molecule has 6 nitrogen and oxygen atoms in total. The van der Waals surface area contributed by atoms with Gasteiger partial charge >= 0.3 is 0 Å². The van der Waals surface area contributed by atoms with Gasteiger partial charge in [0.25, 0.3) is 0 Å². The molecule has 5 rings (SSSR count). The molecule has 1 aliphatic rings. The number of hydrogen-bond acceptors (Lipinski definition) is 5. The van der Waals surface area contributed by atoms with E-state index in [0.29, 0.717) is 13.1 Å². The van der Waals surface area contributed by atoms with Crippen LogP contribution in [0.5, 0.6) is 0 Å². The Balaban J connectivity index is 1.32. The van der Waals surface area contributed by atoms with E-state index < -0.39 is 0 Å². The molecule has 170 valence electrons. The van der Waals surface area contributed by atoms with Crippen LogP contribution in [-0.2, 0) is 11.3 Å². The molecular weight excluding hydrogens is 430 g/mol. The Labute approximate surface area is 198 Å². The molecule has 7 heteroatoms. The van der Waals surface area contributed by atoms with E-state index in [2.05, 4.69) is 66.5 Å². The van der Waals surface area contributed by atoms with E-state index in [9.17, 15) is 4.79 Å². The number of anilines is 1. The number of carbonyl (C=O) groups is 1. The van der Waals surface area contributed by atoms with Gasteiger partial charge < -0.3 is 10.2 Å². The Morgan fingerprint density at radius 2 is 1.94 bits per heavy atom. The third-order valence-corrected chi connectivity index (χ3v) is 7.48. The van der Waals surface area contributed by atoms with Gasteiger partial charge in [-0.2, -0.15) is 10.1 Å². The van der Waals surface area contributed by atoms with Crippen molar-refractivity contribution in [1.29, 1.82) is 0 Å². The molecule has 33 heavy (non-hydrogen) atoms. The summed E-state index contributed by atoms with van der Waals surface area (Å²) in [6, 6.07) is 16.6. The number of nitrogens with zero attached hydrogens (tertiary/aromatic N) is 4. The van der Waals surface area contributed by atoms with Crippen molar-refractivity contribution in [3.05, 3.63) is 70.9 Å². The molecule has 0 bridgehead atoms. The summed E-state index contributed by atoms with van der Waals surface area (Å²) in [5, 5.41) is 8.83. The number of fused-ring (bicyclic) bond motifs is 1. The van der Waals surface area contributed by atoms with Crippen LogP contribution in [0.4, 0.5) is 5.13 Å². The first-order valence-electron chi connectivity index (χ1n) is 11.5. The molecular formula is C26H29N5OS. The zero-order chi connectivity index (χ0) is 22.9. The normalized spacial score (nSPS) is 16.3. The smallest absolute Gasteiger partial charge is 0.225 e. The van der Waals surface area contributed by atoms with Crippen LogP contribution in [0.25, 0.3) is 16.0 Å². The van der Waals surface area contributed by atoms with Crippen LogP contribution >= 0.6 is 11.3 Å². The molecule has 2 aromatic heterocycles. The molecule has 0 saturated carbocycles. The Morgan fingerprint density at radius 1 is 1.12 bits per heavy atom. The minimum absolute atomic E-state index is 0.0229. The minimum Gasteiger partial charge on any atom is -0.352 e. The van der Waals surface area contributed by atoms with Crippen LogP contribution in [0.15, 0.2) is 48.5 Å². The predicted octanol–water partition coefficient (Wildman–Crippen LogP) is 4.94. The molecule has 0 unspecified atom stereocenters. The molecule has 2 aromatic carbocycles. The highest BCUT2D eigenvalue weighted by Crippen LogP contribution is 2.34. The van der Waals surface area contributed by atoms with E-state index >= 15 is 0 Å². The van der Waals surface area contributed by atoms with Crippen LogP contribution in [0, 0.1) is 26.7 Å². The fraction of sp³-hybridized carbons (Fsp3) is 0.346. The van der Waals surface area contributed by atoms with Crippen molar-refractivity contribution in [2.45, 2.75) is 40.2 Å². The van der Waals surface area contributed by atoms with E-state index in [-0.39, 0.29) is 11.8 Å². The molecule has 0 radical (unpaired) electrons. The van der Waals surface area contributed by atoms with Crippen LogP contribution in [0.2, 0.25) is 0 Å². The monoisotopic (exact) mass is 459 g/mol. The zero-order valence-electron chi connectivity index (χ0n) is 19.3. The summed E-state index contributed by atoms with van der Waals surface area (Å²) in [5.74, 6) is 0.106. The average molecular weight is 460 g/mol. The first kappa shape index (κ1) is 21.6. The Bertz CT molecular complexity index is 1290. The topological polar surface area (TPSA) is 63.1 Å². The number of amides is 1. The fourth-order valence-electron chi connectivity index (χ4n) is 4.44. The van der Waals surface area contributed by atoms with Crippen LogP contribution in [-0.4, -0.2) is 33.8 Å². The number of carbonyl (C=O) groups excluding carboxylic acids is 1. The molecule has 3 heterocycles. The lowest BCUT2D eigenvalue weighted by atomic mass is 9.97. The maximum Gasteiger partial charge on any atom is 0.225 e. The van der Waals surface area contributed by atoms with Gasteiger partial charge in [0, 0.05) is 19.6 Å². The predicted molar refractivity (Wildman–Crippen MR) is 134 cm³/mol. The lowest BCUT2D eigenvalue weighted by Crippen LogP contribution is -2.43. The summed E-state index contributed by atoms with van der Waals surface area (Å²) in [7, 11) is 0. The molecule has 1 amide bonds. The molecule has 0 spiro atoms. The number of hydrogen-bond donors (Lipinski definition) is 1. The highest BCUT2D eigenvalue weighted by atomic mass is 32.1. The van der Waals surface area contributed by atoms with Crippen LogP contribution in [0.1, 0.15) is 35.2 Å². The lowest BCUT2D eigenvalue weighted by molar-refractivity contribution is -0.125. The molecule has 1 saturated heterocycles. The second-order valence-electron chi connectivity index (χ2n) is 8.97. The third kappa shape index (κ3) is 4.50. The second kappa shape index (κ2) is 8.98. The van der Waals surface area contributed by atoms with Gasteiger partial charge in [-0.15, -0.1) is 0 Å². The van der Waals surface area contributed by atoms with Gasteiger partial charge in [-0.3, -0.25) is 4.79 Å². The SMILES string of the molecule is Cc1ccc(-n2nc(C)c3sc(N4CCC[C@@H](C(=O)NCc5cccc(C)c5)C4)nc32)cc1. The van der Waals surface area contributed by atoms with Gasteiger partial charge in [0.2, 0.25) is 5.91 Å². The maximum absolute atomic E-state index is 12.9. The number of benzene rings is 2. The molecule has 4 aromatic rings. The van der Waals surface area contributed by atoms with Crippen molar-refractivity contribution >= 4 is 32.7 Å². The minimum atomic E-state index is -0.0229. The molecule has 1 aliphatic heterocycles. The number of thiazole rings is 1. The van der Waals surface area contributed by atoms with E-state index in [1.54, 1.807) is 11.3 Å². The van der Waals surface area contributed by atoms with Gasteiger partial charge in [-0.05, 0) is 51.3 Å². The first-order chi connectivity index (χ1) is 16.0. The quantitative estimate of drug-likeness (QED) is 0.459. The summed E-state index contributed by atoms with van der Waals surface area (Å²) in [5.41, 5.74) is 6.46. The average Bonchev–Trinajstić information content (AvgIpc) is 3.39. The largest absolute Gasteiger partial charge is 0.352 e. The van der Waals surface area contributed by atoms with Crippen molar-refractivity contribution in [1.82, 2.24) is 20.1 Å². The van der Waals surface area contributed by atoms with E-state index in [1.165, 1.54) is 11.1 Å². The summed E-state index contributed by atoms with van der Waals surface area (Å²) >= 11 is 1.67. The van der Waals surface area contributed by atoms with Gasteiger partial charge in [0.05, 0.1) is 22.0 Å². The molecule has 1 fully saturated rings. The fourth-order valence-corrected chi connectivity index (χ4v) is 5.47. The molecule has 0 aliphatic carbocycles. The summed E-state index contributed by atoms with van der Waals surface area (Å²) in [4.78, 5) is 20.1. The zero-order valence-corrected chi connectivity index (χ0v) is 20.2. The standard InChI is InChI=1S/C26H29N5OS/c1-17-9-11-22(12-10-17)31-24-23(19(3)29-31)33-26(28-24)30-13-5-8-21(16-30)25(32)27-15-20-7-4-6-18(2)14-20/h4,6-7,9-12,14,21H,5,8,13,15-16H2,1-3H3,(H,27,32)/t21-/m1/s1. The summed E-state index contributed by atoms with van der Waals surface area (Å²) in [6.07, 6.45) is 1.90. The maximum atomic E-state index is 12.9. The number of piperidine rings is 1. The van der Waals surface area contributed by atoms with Crippen LogP contribution < -0.4 is 10.2 Å². The van der Waals surface area contributed by atoms with Gasteiger partial charge in [0.1, 0.15) is 0 Å². The number of rotatable bonds is 5. The second-order valence-corrected chi connectivity index (χ2v) is 9.95. The number of aromatic nitrogens is 3. The molecule has 1 N–H and O–H groups in total. The van der Waals surface area contributed by atoms with Crippen molar-refractivity contribution in [2.75, 3.05) is 18.0 Å². The van der Waals surface area contributed by atoms with E-state index in [0.717, 1.165) is 51.8 Å². The Hall–Kier alpha value is -3.19. The highest BCUT2D eigenvalue weighted by molar-refractivity contribution is 7.22. The van der Waals surface area contributed by atoms with Gasteiger partial charge in [-0.1, -0.05) is 58.9 Å². The van der Waals surface area contributed by atoms with Crippen molar-refractivity contribution in [3.8, 4) is 5.69 Å². The van der Waals surface area contributed by atoms with Crippen LogP contribution in [0.3, 0.4) is 0 Å². The Kier molecular flexibility index (Phi) is 5.89. The third-order valence-electron chi connectivity index (χ3n) is 6.27. The van der Waals surface area contributed by atoms with E-state index in [1.807, 2.05) is 17.7 Å². The summed E-state index contributed by atoms with van der Waals surface area (Å²) in [6.45, 7) is 8.39. The summed E-state index contributed by atoms with van der Waals surface area (Å²) < 4.78 is 3.04. The van der Waals surface area contributed by atoms with Crippen molar-refractivity contribution in [2.24, 2.45) is 5.92 Å². The van der Waals surface area contributed by atoms with E-state index in [4.69, 9.17) is 10.1 Å². The van der Waals surface area contributed by atoms with Crippen molar-refractivity contribution in [3.63, 3.8) is 0 Å². The first-order valence-corrected chi connectivity index (χ1v) is 12.3. The molecule has 1 atom stereocenters. The Morgan fingerprint density at radius 3 is 2.73 bits per heavy atom. The van der Waals surface area contributed by atoms with Gasteiger partial charge in [-0.25, -0.2) is 4.68 Å². The van der Waals surface area contributed by atoms with Crippen molar-refractivity contribution < 1.29 is 4.79 Å². The van der Waals surface area contributed by atoms with Gasteiger partial charge in [0.15, 0.2) is 10.8 Å². The number of aryl methyl sites for hydroxylation is 3. The lowest BCUT2D eigenvalue weighted by Gasteiger charge is -2.31. The number of nitrogens with one attached hydrogen (secondary N) is 1. The highest BCUT2D eigenvalue weighted by Gasteiger charge is 2.28.